The van der Waals surface area contributed by atoms with Crippen LogP contribution in [0.25, 0.3) is 11.3 Å². The molecule has 0 aliphatic heterocycles. The first-order valence-electron chi connectivity index (χ1n) is 6.09. The van der Waals surface area contributed by atoms with Crippen LogP contribution < -0.4 is 5.32 Å². The maximum absolute atomic E-state index is 11.8. The molecule has 0 unspecified atom stereocenters. The van der Waals surface area contributed by atoms with E-state index in [1.54, 1.807) is 17.5 Å². The fourth-order valence-corrected chi connectivity index (χ4v) is 3.48. The van der Waals surface area contributed by atoms with Gasteiger partial charge in [-0.05, 0) is 12.1 Å². The highest BCUT2D eigenvalue weighted by atomic mass is 32.2. The number of nitrogens with one attached hydrogen (secondary N) is 1. The molecule has 0 aliphatic rings. The Morgan fingerprint density at radius 1 is 1.33 bits per heavy atom. The number of benzene rings is 1. The van der Waals surface area contributed by atoms with Crippen LogP contribution in [0.1, 0.15) is 6.92 Å². The van der Waals surface area contributed by atoms with E-state index in [0.29, 0.717) is 10.8 Å². The summed E-state index contributed by atoms with van der Waals surface area (Å²) in [5.41, 5.74) is 1.42. The number of hydrogen-bond donors (Lipinski definition) is 2. The molecule has 0 atom stereocenters. The Kier molecular flexibility index (Phi) is 4.71. The van der Waals surface area contributed by atoms with Crippen LogP contribution in [-0.4, -0.2) is 36.8 Å². The summed E-state index contributed by atoms with van der Waals surface area (Å²) in [6.45, 7) is 0.998. The van der Waals surface area contributed by atoms with Gasteiger partial charge in [-0.2, -0.15) is 0 Å². The zero-order valence-corrected chi connectivity index (χ0v) is 12.9. The monoisotopic (exact) mass is 326 g/mol. The number of thiazole rings is 1. The van der Waals surface area contributed by atoms with Crippen LogP contribution in [0.15, 0.2) is 34.5 Å². The summed E-state index contributed by atoms with van der Waals surface area (Å²) in [6, 6.07) is 6.27. The summed E-state index contributed by atoms with van der Waals surface area (Å²) in [4.78, 5) is 15.4. The third kappa shape index (κ3) is 3.87. The second-order valence-electron chi connectivity index (χ2n) is 4.29. The maximum atomic E-state index is 11.8. The molecule has 0 bridgehead atoms. The molecular formula is C13H14N2O4S2. The van der Waals surface area contributed by atoms with Gasteiger partial charge in [0.25, 0.3) is 0 Å². The van der Waals surface area contributed by atoms with Crippen molar-refractivity contribution in [3.05, 3.63) is 29.6 Å². The Morgan fingerprint density at radius 3 is 2.57 bits per heavy atom. The molecule has 0 radical (unpaired) electrons. The van der Waals surface area contributed by atoms with E-state index in [0.717, 1.165) is 5.56 Å². The Balaban J connectivity index is 2.23. The Morgan fingerprint density at radius 2 is 2.00 bits per heavy atom. The minimum atomic E-state index is -3.44. The molecule has 2 aromatic rings. The zero-order chi connectivity index (χ0) is 15.5. The summed E-state index contributed by atoms with van der Waals surface area (Å²) >= 11 is 1.30. The molecule has 112 valence electrons. The molecule has 1 aromatic heterocycles. The minimum Gasteiger partial charge on any atom is -0.395 e. The van der Waals surface area contributed by atoms with Crippen molar-refractivity contribution in [3.8, 4) is 11.3 Å². The van der Waals surface area contributed by atoms with Gasteiger partial charge in [0.2, 0.25) is 5.91 Å². The number of aliphatic hydroxyl groups excluding tert-OH is 1. The van der Waals surface area contributed by atoms with Crippen molar-refractivity contribution in [1.29, 1.82) is 0 Å². The van der Waals surface area contributed by atoms with E-state index in [-0.39, 0.29) is 16.6 Å². The van der Waals surface area contributed by atoms with Crippen molar-refractivity contribution in [3.63, 3.8) is 0 Å². The molecule has 8 heteroatoms. The highest BCUT2D eigenvalue weighted by Gasteiger charge is 2.14. The number of carbonyl (C=O) groups is 1. The molecule has 0 saturated heterocycles. The lowest BCUT2D eigenvalue weighted by Gasteiger charge is -2.03. The van der Waals surface area contributed by atoms with E-state index < -0.39 is 16.4 Å². The van der Waals surface area contributed by atoms with Gasteiger partial charge < -0.3 is 10.4 Å². The molecule has 6 nitrogen and oxygen atoms in total. The van der Waals surface area contributed by atoms with E-state index in [4.69, 9.17) is 5.11 Å². The molecule has 1 aromatic carbocycles. The first-order chi connectivity index (χ1) is 9.92. The molecule has 0 fully saturated rings. The molecule has 1 amide bonds. The van der Waals surface area contributed by atoms with E-state index in [9.17, 15) is 13.2 Å². The molecule has 0 saturated carbocycles. The van der Waals surface area contributed by atoms with Gasteiger partial charge in [-0.15, -0.1) is 11.3 Å². The topological polar surface area (TPSA) is 96.4 Å². The van der Waals surface area contributed by atoms with Gasteiger partial charge >= 0.3 is 0 Å². The van der Waals surface area contributed by atoms with Crippen molar-refractivity contribution < 1.29 is 18.3 Å². The van der Waals surface area contributed by atoms with Crippen LogP contribution in [0.3, 0.4) is 0 Å². The molecule has 1 heterocycles. The first kappa shape index (κ1) is 15.6. The highest BCUT2D eigenvalue weighted by Crippen LogP contribution is 2.26. The van der Waals surface area contributed by atoms with Crippen molar-refractivity contribution in [1.82, 2.24) is 4.98 Å². The summed E-state index contributed by atoms with van der Waals surface area (Å²) < 4.78 is 23.6. The predicted octanol–water partition coefficient (Wildman–Crippen LogP) is 1.53. The Hall–Kier alpha value is -1.77. The number of aromatic nitrogens is 1. The maximum Gasteiger partial charge on any atom is 0.223 e. The smallest absolute Gasteiger partial charge is 0.223 e. The number of nitrogens with zero attached hydrogens (tertiary/aromatic N) is 1. The average molecular weight is 326 g/mol. The molecule has 2 N–H and O–H groups in total. The normalized spacial score (nSPS) is 11.3. The van der Waals surface area contributed by atoms with Gasteiger partial charge in [0.15, 0.2) is 15.0 Å². The number of aliphatic hydroxyl groups is 1. The van der Waals surface area contributed by atoms with Crippen LogP contribution >= 0.6 is 11.3 Å². The van der Waals surface area contributed by atoms with Gasteiger partial charge in [0.05, 0.1) is 22.9 Å². The predicted molar refractivity (Wildman–Crippen MR) is 81.0 cm³/mol. The van der Waals surface area contributed by atoms with E-state index in [1.165, 1.54) is 30.4 Å². The van der Waals surface area contributed by atoms with Crippen molar-refractivity contribution in [2.24, 2.45) is 0 Å². The second-order valence-corrected chi connectivity index (χ2v) is 7.25. The molecular weight excluding hydrogens is 312 g/mol. The van der Waals surface area contributed by atoms with Gasteiger partial charge in [0, 0.05) is 17.9 Å². The number of hydrogen-bond acceptors (Lipinski definition) is 6. The molecule has 2 rings (SSSR count). The SMILES string of the molecule is CC(=O)Nc1nc(-c2ccc(S(=O)(=O)CCO)cc2)cs1. The van der Waals surface area contributed by atoms with Crippen LogP contribution in [0, 0.1) is 0 Å². The van der Waals surface area contributed by atoms with Crippen molar-refractivity contribution in [2.75, 3.05) is 17.7 Å². The minimum absolute atomic E-state index is 0.164. The Bertz CT molecular complexity index is 736. The van der Waals surface area contributed by atoms with Crippen molar-refractivity contribution >= 4 is 32.2 Å². The number of amides is 1. The molecule has 0 spiro atoms. The number of sulfone groups is 1. The number of carbonyl (C=O) groups excluding carboxylic acids is 1. The average Bonchev–Trinajstić information content (AvgIpc) is 2.86. The second kappa shape index (κ2) is 6.33. The molecule has 0 aliphatic carbocycles. The van der Waals surface area contributed by atoms with Crippen LogP contribution in [-0.2, 0) is 14.6 Å². The van der Waals surface area contributed by atoms with E-state index in [2.05, 4.69) is 10.3 Å². The van der Waals surface area contributed by atoms with Gasteiger partial charge in [-0.3, -0.25) is 4.79 Å². The van der Waals surface area contributed by atoms with Gasteiger partial charge in [0.1, 0.15) is 0 Å². The first-order valence-corrected chi connectivity index (χ1v) is 8.63. The summed E-state index contributed by atoms with van der Waals surface area (Å²) in [7, 11) is -3.44. The van der Waals surface area contributed by atoms with E-state index >= 15 is 0 Å². The third-order valence-electron chi connectivity index (χ3n) is 2.66. The highest BCUT2D eigenvalue weighted by molar-refractivity contribution is 7.91. The lowest BCUT2D eigenvalue weighted by molar-refractivity contribution is -0.114. The lowest BCUT2D eigenvalue weighted by Crippen LogP contribution is -2.09. The summed E-state index contributed by atoms with van der Waals surface area (Å²) in [5.74, 6) is -0.489. The fourth-order valence-electron chi connectivity index (χ4n) is 1.69. The van der Waals surface area contributed by atoms with Crippen molar-refractivity contribution in [2.45, 2.75) is 11.8 Å². The summed E-state index contributed by atoms with van der Waals surface area (Å²) in [5, 5.41) is 13.6. The standard InChI is InChI=1S/C13H14N2O4S2/c1-9(17)14-13-15-12(8-20-13)10-2-4-11(5-3-10)21(18,19)7-6-16/h2-5,8,16H,6-7H2,1H3,(H,14,15,17). The lowest BCUT2D eigenvalue weighted by atomic mass is 10.2. The fraction of sp³-hybridized carbons (Fsp3) is 0.231. The van der Waals surface area contributed by atoms with Crippen LogP contribution in [0.4, 0.5) is 5.13 Å². The van der Waals surface area contributed by atoms with Gasteiger partial charge in [-0.1, -0.05) is 12.1 Å². The number of anilines is 1. The largest absolute Gasteiger partial charge is 0.395 e. The van der Waals surface area contributed by atoms with Gasteiger partial charge in [-0.25, -0.2) is 13.4 Å². The van der Waals surface area contributed by atoms with Crippen LogP contribution in [0.5, 0.6) is 0 Å². The zero-order valence-electron chi connectivity index (χ0n) is 11.2. The summed E-state index contributed by atoms with van der Waals surface area (Å²) in [6.07, 6.45) is 0. The quantitative estimate of drug-likeness (QED) is 0.868. The third-order valence-corrected chi connectivity index (χ3v) is 5.12. The van der Waals surface area contributed by atoms with E-state index in [1.807, 2.05) is 0 Å². The molecule has 21 heavy (non-hydrogen) atoms. The Labute approximate surface area is 126 Å². The van der Waals surface area contributed by atoms with Crippen LogP contribution in [0.2, 0.25) is 0 Å². The number of rotatable bonds is 5.